The van der Waals surface area contributed by atoms with E-state index in [-0.39, 0.29) is 12.2 Å². The molecule has 2 heterocycles. The van der Waals surface area contributed by atoms with Gasteiger partial charge in [0.1, 0.15) is 18.3 Å². The van der Waals surface area contributed by atoms with Crippen molar-refractivity contribution in [3.63, 3.8) is 0 Å². The van der Waals surface area contributed by atoms with Crippen molar-refractivity contribution in [1.82, 2.24) is 4.90 Å². The van der Waals surface area contributed by atoms with Crippen molar-refractivity contribution in [2.24, 2.45) is 0 Å². The van der Waals surface area contributed by atoms with Crippen LogP contribution in [0.4, 0.5) is 4.79 Å². The van der Waals surface area contributed by atoms with Gasteiger partial charge >= 0.3 is 6.09 Å². The number of hydrogen-bond donors (Lipinski definition) is 0. The summed E-state index contributed by atoms with van der Waals surface area (Å²) in [5.41, 5.74) is 2.65. The zero-order valence-electron chi connectivity index (χ0n) is 18.3. The molecule has 1 aliphatic rings. The molecule has 168 valence electrons. The Kier molecular flexibility index (Phi) is 6.63. The highest BCUT2D eigenvalue weighted by atomic mass is 35.5. The van der Waals surface area contributed by atoms with Crippen molar-refractivity contribution in [2.75, 3.05) is 13.1 Å². The molecule has 0 N–H and O–H groups in total. The van der Waals surface area contributed by atoms with E-state index in [4.69, 9.17) is 25.8 Å². The molecule has 7 heteroatoms. The average molecular weight is 472 g/mol. The first kappa shape index (κ1) is 22.5. The van der Waals surface area contributed by atoms with Crippen LogP contribution in [-0.2, 0) is 11.3 Å². The molecule has 1 fully saturated rings. The fourth-order valence-corrected chi connectivity index (χ4v) is 4.16. The average Bonchev–Trinajstić information content (AvgIpc) is 3.22. The van der Waals surface area contributed by atoms with Crippen molar-refractivity contribution in [3.05, 3.63) is 69.9 Å². The van der Waals surface area contributed by atoms with E-state index in [1.165, 1.54) is 0 Å². The Morgan fingerprint density at radius 3 is 2.59 bits per heavy atom. The van der Waals surface area contributed by atoms with Crippen molar-refractivity contribution in [3.8, 4) is 22.6 Å². The molecule has 0 bridgehead atoms. The monoisotopic (exact) mass is 471 g/mol. The van der Waals surface area contributed by atoms with Crippen LogP contribution < -0.4 is 9.47 Å². The third kappa shape index (κ3) is 5.75. The Hall–Kier alpha value is -2.70. The Morgan fingerprint density at radius 1 is 1.09 bits per heavy atom. The molecule has 1 saturated heterocycles. The normalized spacial score (nSPS) is 14.1. The third-order valence-corrected chi connectivity index (χ3v) is 5.79. The van der Waals surface area contributed by atoms with Crippen LogP contribution in [0.3, 0.4) is 0 Å². The van der Waals surface area contributed by atoms with Crippen LogP contribution in [0.25, 0.3) is 11.1 Å². The zero-order valence-corrected chi connectivity index (χ0v) is 19.9. The fraction of sp³-hybridized carbons (Fsp3) is 0.320. The number of hydrogen-bond acceptors (Lipinski definition) is 5. The SMILES string of the molecule is CC(C)(C)OC(=O)N1CC(Oc2cc(-c3ccsc3)ccc2OCc2cccc(Cl)c2)C1. The molecular formula is C25H26ClNO4S. The molecule has 0 spiro atoms. The van der Waals surface area contributed by atoms with E-state index in [9.17, 15) is 4.79 Å². The summed E-state index contributed by atoms with van der Waals surface area (Å²) in [6, 6.07) is 15.6. The highest BCUT2D eigenvalue weighted by molar-refractivity contribution is 7.08. The summed E-state index contributed by atoms with van der Waals surface area (Å²) in [6.07, 6.45) is -0.435. The number of thiophene rings is 1. The van der Waals surface area contributed by atoms with Crippen molar-refractivity contribution >= 4 is 29.0 Å². The Labute approximate surface area is 197 Å². The van der Waals surface area contributed by atoms with Gasteiger partial charge in [0.05, 0.1) is 13.1 Å². The van der Waals surface area contributed by atoms with Gasteiger partial charge in [-0.15, -0.1) is 0 Å². The lowest BCUT2D eigenvalue weighted by molar-refractivity contribution is -0.0227. The van der Waals surface area contributed by atoms with E-state index < -0.39 is 5.60 Å². The van der Waals surface area contributed by atoms with Crippen LogP contribution in [0.15, 0.2) is 59.3 Å². The first-order chi connectivity index (χ1) is 15.3. The molecule has 3 aromatic rings. The minimum absolute atomic E-state index is 0.117. The maximum Gasteiger partial charge on any atom is 0.410 e. The van der Waals surface area contributed by atoms with Gasteiger partial charge in [0.15, 0.2) is 11.5 Å². The Bertz CT molecular complexity index is 1070. The molecule has 0 unspecified atom stereocenters. The molecule has 0 atom stereocenters. The molecule has 0 aliphatic carbocycles. The number of likely N-dealkylation sites (tertiary alicyclic amines) is 1. The zero-order chi connectivity index (χ0) is 22.7. The summed E-state index contributed by atoms with van der Waals surface area (Å²) in [5.74, 6) is 1.31. The van der Waals surface area contributed by atoms with Gasteiger partial charge in [-0.3, -0.25) is 0 Å². The summed E-state index contributed by atoms with van der Waals surface area (Å²) >= 11 is 7.74. The highest BCUT2D eigenvalue weighted by Crippen LogP contribution is 2.36. The standard InChI is InChI=1S/C25H26ClNO4S/c1-25(2,3)31-24(28)27-13-21(14-27)30-23-12-18(19-9-10-32-16-19)7-8-22(23)29-15-17-5-4-6-20(26)11-17/h4-12,16,21H,13-15H2,1-3H3. The predicted molar refractivity (Wildman–Crippen MR) is 128 cm³/mol. The summed E-state index contributed by atoms with van der Waals surface area (Å²) in [7, 11) is 0. The molecule has 1 aliphatic heterocycles. The van der Waals surface area contributed by atoms with Crippen molar-refractivity contribution in [2.45, 2.75) is 39.1 Å². The second-order valence-corrected chi connectivity index (χ2v) is 9.93. The number of rotatable bonds is 6. The first-order valence-electron chi connectivity index (χ1n) is 10.5. The van der Waals surface area contributed by atoms with Gasteiger partial charge in [-0.1, -0.05) is 29.8 Å². The summed E-state index contributed by atoms with van der Waals surface area (Å²) < 4.78 is 17.7. The topological polar surface area (TPSA) is 48.0 Å². The number of amides is 1. The summed E-state index contributed by atoms with van der Waals surface area (Å²) in [6.45, 7) is 6.91. The number of ether oxygens (including phenoxy) is 3. The minimum atomic E-state index is -0.515. The molecule has 32 heavy (non-hydrogen) atoms. The predicted octanol–water partition coefficient (Wildman–Crippen LogP) is 6.65. The summed E-state index contributed by atoms with van der Waals surface area (Å²) in [5, 5.41) is 4.82. The molecule has 5 nitrogen and oxygen atoms in total. The van der Waals surface area contributed by atoms with E-state index >= 15 is 0 Å². The molecule has 1 amide bonds. The van der Waals surface area contributed by atoms with E-state index in [1.807, 2.05) is 68.6 Å². The van der Waals surface area contributed by atoms with Gasteiger partial charge in [-0.25, -0.2) is 4.79 Å². The van der Waals surface area contributed by atoms with Gasteiger partial charge in [0, 0.05) is 5.02 Å². The Morgan fingerprint density at radius 2 is 1.91 bits per heavy atom. The van der Waals surface area contributed by atoms with E-state index in [0.717, 1.165) is 16.7 Å². The van der Waals surface area contributed by atoms with Gasteiger partial charge < -0.3 is 19.1 Å². The van der Waals surface area contributed by atoms with E-state index in [1.54, 1.807) is 16.2 Å². The molecule has 0 radical (unpaired) electrons. The number of halogens is 1. The second kappa shape index (κ2) is 9.43. The minimum Gasteiger partial charge on any atom is -0.485 e. The maximum absolute atomic E-state index is 12.2. The quantitative estimate of drug-likeness (QED) is 0.404. The van der Waals surface area contributed by atoms with E-state index in [2.05, 4.69) is 11.4 Å². The van der Waals surface area contributed by atoms with Gasteiger partial charge in [-0.2, -0.15) is 11.3 Å². The smallest absolute Gasteiger partial charge is 0.410 e. The maximum atomic E-state index is 12.2. The first-order valence-corrected chi connectivity index (χ1v) is 11.8. The second-order valence-electron chi connectivity index (χ2n) is 8.72. The van der Waals surface area contributed by atoms with Crippen molar-refractivity contribution in [1.29, 1.82) is 0 Å². The van der Waals surface area contributed by atoms with Crippen LogP contribution in [0.1, 0.15) is 26.3 Å². The third-order valence-electron chi connectivity index (χ3n) is 4.87. The lowest BCUT2D eigenvalue weighted by Gasteiger charge is -2.39. The van der Waals surface area contributed by atoms with Crippen molar-refractivity contribution < 1.29 is 19.0 Å². The highest BCUT2D eigenvalue weighted by Gasteiger charge is 2.35. The number of benzene rings is 2. The fourth-order valence-electron chi connectivity index (χ4n) is 3.28. The number of carbonyl (C=O) groups is 1. The number of nitrogens with zero attached hydrogens (tertiary/aromatic N) is 1. The van der Waals surface area contributed by atoms with Crippen LogP contribution in [-0.4, -0.2) is 35.8 Å². The van der Waals surface area contributed by atoms with Gasteiger partial charge in [-0.05, 0) is 78.6 Å². The largest absolute Gasteiger partial charge is 0.485 e. The molecular weight excluding hydrogens is 446 g/mol. The van der Waals surface area contributed by atoms with Gasteiger partial charge in [0.25, 0.3) is 0 Å². The lowest BCUT2D eigenvalue weighted by Crippen LogP contribution is -2.57. The Balaban J connectivity index is 1.46. The van der Waals surface area contributed by atoms with Crippen LogP contribution in [0, 0.1) is 0 Å². The molecule has 2 aromatic carbocycles. The van der Waals surface area contributed by atoms with E-state index in [0.29, 0.717) is 36.2 Å². The molecule has 1 aromatic heterocycles. The lowest BCUT2D eigenvalue weighted by atomic mass is 10.1. The van der Waals surface area contributed by atoms with Crippen LogP contribution >= 0.6 is 22.9 Å². The number of carbonyl (C=O) groups excluding carboxylic acids is 1. The molecule has 0 saturated carbocycles. The molecule has 4 rings (SSSR count). The van der Waals surface area contributed by atoms with Gasteiger partial charge in [0.2, 0.25) is 0 Å². The summed E-state index contributed by atoms with van der Waals surface area (Å²) in [4.78, 5) is 13.9. The van der Waals surface area contributed by atoms with Crippen LogP contribution in [0.2, 0.25) is 5.02 Å². The van der Waals surface area contributed by atoms with Crippen LogP contribution in [0.5, 0.6) is 11.5 Å².